The molecule has 1 saturated carbocycles. The van der Waals surface area contributed by atoms with Gasteiger partial charge in [0.1, 0.15) is 5.01 Å². The summed E-state index contributed by atoms with van der Waals surface area (Å²) in [5.74, 6) is -1.05. The van der Waals surface area contributed by atoms with Crippen molar-refractivity contribution in [1.29, 1.82) is 0 Å². The Kier molecular flexibility index (Phi) is 4.82. The van der Waals surface area contributed by atoms with Crippen LogP contribution in [0, 0.1) is 5.41 Å². The SMILES string of the molecule is CC1(C)CCCC(NC(=O)NCc2nc(C(=O)O)cs2)C1. The Morgan fingerprint density at radius 2 is 2.29 bits per heavy atom. The fourth-order valence-corrected chi connectivity index (χ4v) is 3.41. The van der Waals surface area contributed by atoms with Crippen molar-refractivity contribution in [3.63, 3.8) is 0 Å². The molecule has 1 unspecified atom stereocenters. The molecule has 116 valence electrons. The number of carbonyl (C=O) groups is 2. The van der Waals surface area contributed by atoms with Crippen LogP contribution in [-0.2, 0) is 6.54 Å². The Hall–Kier alpha value is -1.63. The Labute approximate surface area is 128 Å². The van der Waals surface area contributed by atoms with Crippen LogP contribution >= 0.6 is 11.3 Å². The molecule has 0 aromatic carbocycles. The maximum Gasteiger partial charge on any atom is 0.355 e. The highest BCUT2D eigenvalue weighted by Crippen LogP contribution is 2.34. The number of aromatic carboxylic acids is 1. The summed E-state index contributed by atoms with van der Waals surface area (Å²) >= 11 is 1.23. The summed E-state index contributed by atoms with van der Waals surface area (Å²) in [5, 5.41) is 16.6. The van der Waals surface area contributed by atoms with E-state index in [1.54, 1.807) is 0 Å². The molecule has 6 nitrogen and oxygen atoms in total. The second-order valence-electron chi connectivity index (χ2n) is 6.22. The molecule has 7 heteroatoms. The van der Waals surface area contributed by atoms with Crippen molar-refractivity contribution in [1.82, 2.24) is 15.6 Å². The molecule has 3 N–H and O–H groups in total. The van der Waals surface area contributed by atoms with Crippen molar-refractivity contribution in [2.75, 3.05) is 0 Å². The Morgan fingerprint density at radius 3 is 2.90 bits per heavy atom. The Morgan fingerprint density at radius 1 is 1.52 bits per heavy atom. The molecule has 1 aromatic heterocycles. The molecule has 0 spiro atoms. The molecule has 2 rings (SSSR count). The third-order valence-corrected chi connectivity index (χ3v) is 4.56. The minimum Gasteiger partial charge on any atom is -0.476 e. The number of amides is 2. The normalized spacial score (nSPS) is 20.8. The van der Waals surface area contributed by atoms with E-state index in [1.165, 1.54) is 23.1 Å². The van der Waals surface area contributed by atoms with Gasteiger partial charge in [-0.15, -0.1) is 11.3 Å². The summed E-state index contributed by atoms with van der Waals surface area (Å²) in [7, 11) is 0. The molecule has 0 radical (unpaired) electrons. The van der Waals surface area contributed by atoms with Gasteiger partial charge in [0, 0.05) is 11.4 Å². The van der Waals surface area contributed by atoms with Gasteiger partial charge >= 0.3 is 12.0 Å². The molecule has 0 aliphatic heterocycles. The van der Waals surface area contributed by atoms with E-state index in [9.17, 15) is 9.59 Å². The number of carboxylic acids is 1. The summed E-state index contributed by atoms with van der Waals surface area (Å²) in [6.45, 7) is 4.70. The summed E-state index contributed by atoms with van der Waals surface area (Å²) in [6, 6.07) is -0.00981. The zero-order valence-corrected chi connectivity index (χ0v) is 13.1. The first-order valence-corrected chi connectivity index (χ1v) is 7.96. The van der Waals surface area contributed by atoms with E-state index >= 15 is 0 Å². The number of aromatic nitrogens is 1. The van der Waals surface area contributed by atoms with Crippen molar-refractivity contribution in [3.05, 3.63) is 16.1 Å². The minimum atomic E-state index is -1.05. The summed E-state index contributed by atoms with van der Waals surface area (Å²) < 4.78 is 0. The molecular weight excluding hydrogens is 290 g/mol. The monoisotopic (exact) mass is 311 g/mol. The first kappa shape index (κ1) is 15.8. The van der Waals surface area contributed by atoms with Gasteiger partial charge in [-0.3, -0.25) is 0 Å². The number of nitrogens with zero attached hydrogens (tertiary/aromatic N) is 1. The van der Waals surface area contributed by atoms with E-state index < -0.39 is 5.97 Å². The topological polar surface area (TPSA) is 91.3 Å². The summed E-state index contributed by atoms with van der Waals surface area (Å²) in [6.07, 6.45) is 4.33. The number of rotatable bonds is 4. The number of thiazole rings is 1. The van der Waals surface area contributed by atoms with Gasteiger partial charge in [0.25, 0.3) is 0 Å². The Balaban J connectivity index is 1.78. The molecular formula is C14H21N3O3S. The first-order chi connectivity index (χ1) is 9.85. The fraction of sp³-hybridized carbons (Fsp3) is 0.643. The van der Waals surface area contributed by atoms with E-state index in [-0.39, 0.29) is 29.7 Å². The van der Waals surface area contributed by atoms with Crippen molar-refractivity contribution in [3.8, 4) is 0 Å². The van der Waals surface area contributed by atoms with Crippen molar-refractivity contribution < 1.29 is 14.7 Å². The van der Waals surface area contributed by atoms with Crippen LogP contribution in [-0.4, -0.2) is 28.1 Å². The van der Waals surface area contributed by atoms with Gasteiger partial charge in [-0.05, 0) is 24.7 Å². The lowest BCUT2D eigenvalue weighted by Crippen LogP contribution is -2.45. The number of hydrogen-bond acceptors (Lipinski definition) is 4. The fourth-order valence-electron chi connectivity index (χ4n) is 2.70. The van der Waals surface area contributed by atoms with Gasteiger partial charge in [-0.25, -0.2) is 14.6 Å². The summed E-state index contributed by atoms with van der Waals surface area (Å²) in [4.78, 5) is 26.5. The van der Waals surface area contributed by atoms with Crippen molar-refractivity contribution in [2.45, 2.75) is 52.1 Å². The second kappa shape index (κ2) is 6.43. The molecule has 1 heterocycles. The van der Waals surface area contributed by atoms with E-state index in [0.29, 0.717) is 5.01 Å². The van der Waals surface area contributed by atoms with Crippen LogP contribution in [0.1, 0.15) is 55.0 Å². The number of urea groups is 1. The molecule has 1 aliphatic carbocycles. The first-order valence-electron chi connectivity index (χ1n) is 7.08. The van der Waals surface area contributed by atoms with Crippen LogP contribution in [0.25, 0.3) is 0 Å². The lowest BCUT2D eigenvalue weighted by atomic mass is 9.75. The highest BCUT2D eigenvalue weighted by Gasteiger charge is 2.28. The lowest BCUT2D eigenvalue weighted by molar-refractivity contribution is 0.0691. The molecule has 0 saturated heterocycles. The number of hydrogen-bond donors (Lipinski definition) is 3. The number of nitrogens with one attached hydrogen (secondary N) is 2. The highest BCUT2D eigenvalue weighted by atomic mass is 32.1. The van der Waals surface area contributed by atoms with Gasteiger partial charge in [-0.1, -0.05) is 20.3 Å². The van der Waals surface area contributed by atoms with Gasteiger partial charge in [0.15, 0.2) is 5.69 Å². The van der Waals surface area contributed by atoms with Gasteiger partial charge in [0.05, 0.1) is 6.54 Å². The maximum atomic E-state index is 11.9. The Bertz CT molecular complexity index is 527. The maximum absolute atomic E-state index is 11.9. The van der Waals surface area contributed by atoms with Crippen LogP contribution in [0.15, 0.2) is 5.38 Å². The number of carboxylic acid groups (broad SMARTS) is 1. The predicted octanol–water partition coefficient (Wildman–Crippen LogP) is 2.61. The largest absolute Gasteiger partial charge is 0.476 e. The van der Waals surface area contributed by atoms with Crippen LogP contribution in [0.5, 0.6) is 0 Å². The van der Waals surface area contributed by atoms with Gasteiger partial charge in [-0.2, -0.15) is 0 Å². The van der Waals surface area contributed by atoms with Gasteiger partial charge in [0.2, 0.25) is 0 Å². The second-order valence-corrected chi connectivity index (χ2v) is 7.16. The summed E-state index contributed by atoms with van der Waals surface area (Å²) in [5.41, 5.74) is 0.299. The standard InChI is InChI=1S/C14H21N3O3S/c1-14(2)5-3-4-9(6-14)16-13(20)15-7-11-17-10(8-21-11)12(18)19/h8-9H,3-7H2,1-2H3,(H,18,19)(H2,15,16,20). The lowest BCUT2D eigenvalue weighted by Gasteiger charge is -2.35. The third-order valence-electron chi connectivity index (χ3n) is 3.71. The van der Waals surface area contributed by atoms with E-state index in [4.69, 9.17) is 5.11 Å². The third kappa shape index (κ3) is 4.70. The van der Waals surface area contributed by atoms with Crippen molar-refractivity contribution >= 4 is 23.3 Å². The minimum absolute atomic E-state index is 0.0197. The average molecular weight is 311 g/mol. The molecule has 0 bridgehead atoms. The van der Waals surface area contributed by atoms with Crippen LogP contribution in [0.4, 0.5) is 4.79 Å². The molecule has 2 amide bonds. The number of carbonyl (C=O) groups excluding carboxylic acids is 1. The smallest absolute Gasteiger partial charge is 0.355 e. The van der Waals surface area contributed by atoms with E-state index in [1.807, 2.05) is 0 Å². The molecule has 1 aromatic rings. The molecule has 1 aliphatic rings. The van der Waals surface area contributed by atoms with Gasteiger partial charge < -0.3 is 15.7 Å². The van der Waals surface area contributed by atoms with Crippen LogP contribution in [0.2, 0.25) is 0 Å². The van der Waals surface area contributed by atoms with Crippen LogP contribution < -0.4 is 10.6 Å². The van der Waals surface area contributed by atoms with Crippen molar-refractivity contribution in [2.24, 2.45) is 5.41 Å². The highest BCUT2D eigenvalue weighted by molar-refractivity contribution is 7.09. The molecule has 1 atom stereocenters. The average Bonchev–Trinajstić information content (AvgIpc) is 2.84. The van der Waals surface area contributed by atoms with E-state index in [2.05, 4.69) is 29.5 Å². The molecule has 1 fully saturated rings. The molecule has 21 heavy (non-hydrogen) atoms. The quantitative estimate of drug-likeness (QED) is 0.797. The van der Waals surface area contributed by atoms with Crippen LogP contribution in [0.3, 0.4) is 0 Å². The van der Waals surface area contributed by atoms with E-state index in [0.717, 1.165) is 19.3 Å². The predicted molar refractivity (Wildman–Crippen MR) is 80.5 cm³/mol. The zero-order chi connectivity index (χ0) is 15.5. The zero-order valence-electron chi connectivity index (χ0n) is 12.3.